The molecule has 2 N–H and O–H groups in total. The molecule has 3 fully saturated rings. The number of rotatable bonds is 5. The summed E-state index contributed by atoms with van der Waals surface area (Å²) in [6.45, 7) is 12.5. The van der Waals surface area contributed by atoms with E-state index in [1.165, 1.54) is 25.1 Å². The van der Waals surface area contributed by atoms with Gasteiger partial charge in [-0.1, -0.05) is 45.0 Å². The first-order chi connectivity index (χ1) is 19.0. The lowest BCUT2D eigenvalue weighted by Crippen LogP contribution is -2.80. The fourth-order valence-electron chi connectivity index (χ4n) is 7.77. The number of hydrogen-bond acceptors (Lipinski definition) is 10. The molecule has 222 valence electrons. The zero-order valence-corrected chi connectivity index (χ0v) is 24.2. The van der Waals surface area contributed by atoms with Crippen molar-refractivity contribution in [3.8, 4) is 0 Å². The van der Waals surface area contributed by atoms with Crippen molar-refractivity contribution in [1.82, 2.24) is 0 Å². The highest BCUT2D eigenvalue weighted by molar-refractivity contribution is 6.06. The predicted octanol–water partition coefficient (Wildman–Crippen LogP) is 2.58. The Labute approximate surface area is 239 Å². The molecule has 1 aromatic rings. The third-order valence-electron chi connectivity index (χ3n) is 9.69. The van der Waals surface area contributed by atoms with Crippen LogP contribution in [0.25, 0.3) is 0 Å². The highest BCUT2D eigenvalue weighted by atomic mass is 16.6. The van der Waals surface area contributed by atoms with Crippen LogP contribution in [0.4, 0.5) is 0 Å². The third-order valence-corrected chi connectivity index (χ3v) is 9.69. The molecular formula is C31H38O10. The van der Waals surface area contributed by atoms with Crippen LogP contribution in [-0.4, -0.2) is 69.7 Å². The maximum atomic E-state index is 14.2. The Hall–Kier alpha value is -3.37. The maximum Gasteiger partial charge on any atom is 0.338 e. The lowest BCUT2D eigenvalue weighted by Gasteiger charge is -2.67. The van der Waals surface area contributed by atoms with Crippen LogP contribution >= 0.6 is 0 Å². The van der Waals surface area contributed by atoms with Crippen LogP contribution in [0.2, 0.25) is 0 Å². The summed E-state index contributed by atoms with van der Waals surface area (Å²) in [4.78, 5) is 66.2. The van der Waals surface area contributed by atoms with E-state index in [9.17, 15) is 34.2 Å². The number of aliphatic hydroxyl groups excluding tert-OH is 1. The molecule has 0 radical (unpaired) electrons. The van der Waals surface area contributed by atoms with Gasteiger partial charge in [-0.25, -0.2) is 4.79 Å². The van der Waals surface area contributed by atoms with E-state index in [2.05, 4.69) is 6.58 Å². The van der Waals surface area contributed by atoms with Crippen molar-refractivity contribution >= 4 is 29.5 Å². The van der Waals surface area contributed by atoms with Crippen molar-refractivity contribution in [3.63, 3.8) is 0 Å². The van der Waals surface area contributed by atoms with Gasteiger partial charge in [0.2, 0.25) is 0 Å². The van der Waals surface area contributed by atoms with Crippen LogP contribution in [0.3, 0.4) is 0 Å². The number of Topliss-reactive ketones (excluding diaryl/α,β-unsaturated/α-hetero) is 2. The molecule has 0 spiro atoms. The first kappa shape index (κ1) is 30.6. The number of fused-ring (bicyclic) bond motifs is 3. The van der Waals surface area contributed by atoms with Gasteiger partial charge in [-0.2, -0.15) is 0 Å². The summed E-state index contributed by atoms with van der Waals surface area (Å²) in [6.07, 6.45) is -4.91. The number of ether oxygens (including phenoxy) is 3. The molecule has 0 bridgehead atoms. The highest BCUT2D eigenvalue weighted by Crippen LogP contribution is 2.66. The van der Waals surface area contributed by atoms with Crippen molar-refractivity contribution in [2.45, 2.75) is 84.4 Å². The first-order valence-corrected chi connectivity index (χ1v) is 13.7. The molecule has 0 heterocycles. The van der Waals surface area contributed by atoms with Gasteiger partial charge < -0.3 is 24.4 Å². The van der Waals surface area contributed by atoms with E-state index in [0.29, 0.717) is 0 Å². The van der Waals surface area contributed by atoms with E-state index in [1.807, 2.05) is 0 Å². The Morgan fingerprint density at radius 2 is 1.56 bits per heavy atom. The summed E-state index contributed by atoms with van der Waals surface area (Å²) in [5.41, 5.74) is -6.51. The monoisotopic (exact) mass is 570 g/mol. The van der Waals surface area contributed by atoms with Crippen LogP contribution < -0.4 is 0 Å². The number of carbonyl (C=O) groups excluding carboxylic acids is 5. The molecule has 9 atom stereocenters. The molecule has 0 aromatic heterocycles. The van der Waals surface area contributed by atoms with Crippen molar-refractivity contribution in [1.29, 1.82) is 0 Å². The van der Waals surface area contributed by atoms with Crippen LogP contribution in [0.15, 0.2) is 43.0 Å². The van der Waals surface area contributed by atoms with Crippen molar-refractivity contribution < 1.29 is 48.4 Å². The van der Waals surface area contributed by atoms with E-state index in [0.717, 1.165) is 13.8 Å². The van der Waals surface area contributed by atoms with Crippen LogP contribution in [0.5, 0.6) is 0 Å². The Balaban J connectivity index is 1.99. The van der Waals surface area contributed by atoms with Crippen molar-refractivity contribution in [3.05, 3.63) is 48.6 Å². The number of hydrogen-bond donors (Lipinski definition) is 2. The van der Waals surface area contributed by atoms with Crippen LogP contribution in [0.1, 0.15) is 64.7 Å². The number of allylic oxidation sites excluding steroid dienone is 1. The van der Waals surface area contributed by atoms with Gasteiger partial charge in [0.1, 0.15) is 24.1 Å². The first-order valence-electron chi connectivity index (χ1n) is 13.7. The number of ketones is 2. The second kappa shape index (κ2) is 10.2. The van der Waals surface area contributed by atoms with Gasteiger partial charge >= 0.3 is 17.9 Å². The second-order valence-electron chi connectivity index (χ2n) is 12.6. The SMILES string of the molecule is C=C[C@@]1(C)CC(=O)[C@H]2[C@](O)(C1=O)[C@H](OC(C)=O)C[C@H]1C(C)(C)[C@H](O)[C@@H](OC(C)=O)[C@H](OC(=O)c3ccccc3)[C@@]12C. The average Bonchev–Trinajstić information content (AvgIpc) is 2.89. The summed E-state index contributed by atoms with van der Waals surface area (Å²) in [5.74, 6) is -5.93. The fraction of sp³-hybridized carbons (Fsp3) is 0.581. The second-order valence-corrected chi connectivity index (χ2v) is 12.6. The standard InChI is InChI=1S/C31H38O10/c1-8-29(6)15-19(34)23-30(7)20(14-21(39-16(2)32)31(23,38)27(29)37)28(4,5)24(35)22(40-17(3)33)25(30)41-26(36)18-12-10-9-11-13-18/h8-13,20-25,35,38H,1,14-15H2,2-7H3/t20-,21+,22+,23+,24+,25-,29-,30-,31-/m0/s1. The molecule has 0 aliphatic heterocycles. The summed E-state index contributed by atoms with van der Waals surface area (Å²) in [7, 11) is 0. The quantitative estimate of drug-likeness (QED) is 0.307. The van der Waals surface area contributed by atoms with E-state index in [1.54, 1.807) is 39.0 Å². The molecule has 4 rings (SSSR count). The molecule has 41 heavy (non-hydrogen) atoms. The molecule has 10 heteroatoms. The van der Waals surface area contributed by atoms with Crippen LogP contribution in [-0.2, 0) is 33.4 Å². The summed E-state index contributed by atoms with van der Waals surface area (Å²) >= 11 is 0. The lowest BCUT2D eigenvalue weighted by atomic mass is 9.39. The van der Waals surface area contributed by atoms with E-state index >= 15 is 0 Å². The number of aliphatic hydroxyl groups is 2. The van der Waals surface area contributed by atoms with Gasteiger partial charge in [0.15, 0.2) is 17.5 Å². The summed E-state index contributed by atoms with van der Waals surface area (Å²) < 4.78 is 17.2. The van der Waals surface area contributed by atoms with Gasteiger partial charge in [-0.15, -0.1) is 6.58 Å². The molecular weight excluding hydrogens is 532 g/mol. The largest absolute Gasteiger partial charge is 0.459 e. The molecule has 0 saturated heterocycles. The number of carbonyl (C=O) groups is 5. The number of benzene rings is 1. The minimum Gasteiger partial charge on any atom is -0.459 e. The van der Waals surface area contributed by atoms with Crippen molar-refractivity contribution in [2.75, 3.05) is 0 Å². The fourth-order valence-corrected chi connectivity index (χ4v) is 7.77. The normalized spacial score (nSPS) is 39.5. The zero-order valence-electron chi connectivity index (χ0n) is 24.2. The predicted molar refractivity (Wildman–Crippen MR) is 144 cm³/mol. The third kappa shape index (κ3) is 4.52. The summed E-state index contributed by atoms with van der Waals surface area (Å²) in [6, 6.07) is 8.01. The molecule has 1 aromatic carbocycles. The van der Waals surface area contributed by atoms with Crippen molar-refractivity contribution in [2.24, 2.45) is 28.1 Å². The number of esters is 3. The minimum absolute atomic E-state index is 0.147. The molecule has 3 aliphatic rings. The van der Waals surface area contributed by atoms with E-state index in [4.69, 9.17) is 14.2 Å². The topological polar surface area (TPSA) is 153 Å². The molecule has 0 amide bonds. The van der Waals surface area contributed by atoms with Gasteiger partial charge in [0, 0.05) is 25.7 Å². The zero-order chi connectivity index (χ0) is 30.7. The molecule has 10 nitrogen and oxygen atoms in total. The maximum absolute atomic E-state index is 14.2. The Bertz CT molecular complexity index is 1290. The lowest BCUT2D eigenvalue weighted by molar-refractivity contribution is -0.293. The Kier molecular flexibility index (Phi) is 7.58. The average molecular weight is 571 g/mol. The van der Waals surface area contributed by atoms with Gasteiger partial charge in [-0.3, -0.25) is 19.2 Å². The Morgan fingerprint density at radius 1 is 0.976 bits per heavy atom. The smallest absolute Gasteiger partial charge is 0.338 e. The minimum atomic E-state index is -2.52. The van der Waals surface area contributed by atoms with Gasteiger partial charge in [0.05, 0.1) is 16.9 Å². The Morgan fingerprint density at radius 3 is 2.10 bits per heavy atom. The van der Waals surface area contributed by atoms with Gasteiger partial charge in [-0.05, 0) is 36.8 Å². The summed E-state index contributed by atoms with van der Waals surface area (Å²) in [5, 5.41) is 24.0. The van der Waals surface area contributed by atoms with E-state index < -0.39 is 87.6 Å². The van der Waals surface area contributed by atoms with Crippen LogP contribution in [0, 0.1) is 28.1 Å². The van der Waals surface area contributed by atoms with E-state index in [-0.39, 0.29) is 18.4 Å². The molecule has 3 aliphatic carbocycles. The van der Waals surface area contributed by atoms with Gasteiger partial charge in [0.25, 0.3) is 0 Å². The molecule has 3 saturated carbocycles. The molecule has 0 unspecified atom stereocenters. The highest BCUT2D eigenvalue weighted by Gasteiger charge is 2.78.